The van der Waals surface area contributed by atoms with Crippen molar-refractivity contribution in [1.82, 2.24) is 20.6 Å². The minimum absolute atomic E-state index is 0.115. The van der Waals surface area contributed by atoms with Gasteiger partial charge in [0, 0.05) is 39.8 Å². The van der Waals surface area contributed by atoms with E-state index in [0.717, 1.165) is 51.1 Å². The number of para-hydroxylation sites is 1. The van der Waals surface area contributed by atoms with E-state index >= 15 is 0 Å². The number of anilines is 1. The predicted octanol–water partition coefficient (Wildman–Crippen LogP) is 7.07. The van der Waals surface area contributed by atoms with Gasteiger partial charge in [0.15, 0.2) is 23.4 Å². The lowest BCUT2D eigenvalue weighted by Gasteiger charge is -2.30. The number of rotatable bonds is 4. The number of ether oxygens (including phenoxy) is 1. The van der Waals surface area contributed by atoms with Gasteiger partial charge in [-0.3, -0.25) is 9.59 Å². The molecule has 10 nitrogen and oxygen atoms in total. The second kappa shape index (κ2) is 10.7. The number of carbonyl (C=O) groups excluding carboxylic acids is 2. The van der Waals surface area contributed by atoms with Crippen molar-refractivity contribution in [2.24, 2.45) is 11.3 Å². The Morgan fingerprint density at radius 2 is 1.88 bits per heavy atom. The highest BCUT2D eigenvalue weighted by Gasteiger charge is 2.61. The standard InChI is InChI=1S/C42H39N5O5/c1-6-41(4,5)39(49)44-28-18-21-13-16-29-27(17-21)42-26-12-8-11-24(33(26)47-40(42)51-29)23-10-7-9-22-14-15-25(31(22)23)30-19-43-37(50-30)34-35(42)52-38(46-34)32(20(2)3)45-36(28)48/h7-13,15-17,19-20,28,32,40,47H,6,14,18H2,1-5H3,(H,44,49)(H,45,48). The summed E-state index contributed by atoms with van der Waals surface area (Å²) < 4.78 is 20.6. The van der Waals surface area contributed by atoms with Crippen LogP contribution in [0.25, 0.3) is 28.3 Å². The molecule has 5 aliphatic rings. The van der Waals surface area contributed by atoms with Crippen LogP contribution in [0.1, 0.15) is 92.3 Å². The number of aromatic nitrogens is 2. The lowest BCUT2D eigenvalue weighted by molar-refractivity contribution is -0.134. The molecule has 2 amide bonds. The molecule has 262 valence electrons. The van der Waals surface area contributed by atoms with Gasteiger partial charge in [-0.15, -0.1) is 0 Å². The maximum absolute atomic E-state index is 14.3. The maximum atomic E-state index is 14.3. The molecule has 1 spiro atoms. The Hall–Kier alpha value is -5.64. The highest BCUT2D eigenvalue weighted by Crippen LogP contribution is 2.61. The highest BCUT2D eigenvalue weighted by molar-refractivity contribution is 5.97. The largest absolute Gasteiger partial charge is 0.469 e. The zero-order chi connectivity index (χ0) is 35.7. The minimum atomic E-state index is -1.00. The van der Waals surface area contributed by atoms with Crippen LogP contribution in [0.2, 0.25) is 0 Å². The van der Waals surface area contributed by atoms with Crippen molar-refractivity contribution >= 4 is 23.1 Å². The highest BCUT2D eigenvalue weighted by atomic mass is 16.5. The van der Waals surface area contributed by atoms with Crippen LogP contribution in [0, 0.1) is 11.3 Å². The van der Waals surface area contributed by atoms with E-state index in [1.807, 2.05) is 46.8 Å². The van der Waals surface area contributed by atoms with Crippen molar-refractivity contribution in [3.63, 3.8) is 0 Å². The number of amides is 2. The summed E-state index contributed by atoms with van der Waals surface area (Å²) in [7, 11) is 0. The number of nitrogens with zero attached hydrogens (tertiary/aromatic N) is 2. The fourth-order valence-corrected chi connectivity index (χ4v) is 8.62. The molecule has 52 heavy (non-hydrogen) atoms. The molecule has 5 aromatic rings. The fourth-order valence-electron chi connectivity index (χ4n) is 8.62. The second-order valence-corrected chi connectivity index (χ2v) is 15.6. The Balaban J connectivity index is 1.27. The van der Waals surface area contributed by atoms with E-state index in [1.54, 1.807) is 6.20 Å². The van der Waals surface area contributed by atoms with Gasteiger partial charge in [0.1, 0.15) is 23.2 Å². The third-order valence-electron chi connectivity index (χ3n) is 11.9. The minimum Gasteiger partial charge on any atom is -0.469 e. The molecular formula is C42H39N5O5. The van der Waals surface area contributed by atoms with Gasteiger partial charge >= 0.3 is 0 Å². The van der Waals surface area contributed by atoms with Gasteiger partial charge < -0.3 is 29.5 Å². The van der Waals surface area contributed by atoms with Crippen LogP contribution in [0.5, 0.6) is 5.75 Å². The number of oxazole rings is 2. The van der Waals surface area contributed by atoms with E-state index in [2.05, 4.69) is 64.5 Å². The van der Waals surface area contributed by atoms with Crippen LogP contribution in [0.3, 0.4) is 0 Å². The topological polar surface area (TPSA) is 132 Å². The van der Waals surface area contributed by atoms with Crippen molar-refractivity contribution in [3.8, 4) is 28.5 Å². The van der Waals surface area contributed by atoms with Crippen molar-refractivity contribution in [1.29, 1.82) is 0 Å². The number of nitrogens with one attached hydrogen (secondary N) is 3. The summed E-state index contributed by atoms with van der Waals surface area (Å²) in [6.45, 7) is 9.79. The molecule has 0 fully saturated rings. The van der Waals surface area contributed by atoms with E-state index in [0.29, 0.717) is 41.2 Å². The molecule has 10 rings (SSSR count). The van der Waals surface area contributed by atoms with Crippen LogP contribution in [-0.2, 0) is 27.8 Å². The molecule has 10 heteroatoms. The molecule has 2 aromatic heterocycles. The molecule has 10 bridgehead atoms. The quantitative estimate of drug-likeness (QED) is 0.182. The van der Waals surface area contributed by atoms with E-state index < -0.39 is 29.1 Å². The first-order chi connectivity index (χ1) is 25.1. The predicted molar refractivity (Wildman–Crippen MR) is 194 cm³/mol. The third-order valence-corrected chi connectivity index (χ3v) is 11.9. The summed E-state index contributed by atoms with van der Waals surface area (Å²) in [5.74, 6) is 1.93. The lowest BCUT2D eigenvalue weighted by atomic mass is 9.72. The summed E-state index contributed by atoms with van der Waals surface area (Å²) in [4.78, 5) is 37.8. The van der Waals surface area contributed by atoms with E-state index in [9.17, 15) is 9.59 Å². The molecule has 3 N–H and O–H groups in total. The number of hydrogen-bond donors (Lipinski definition) is 3. The summed E-state index contributed by atoms with van der Waals surface area (Å²) in [5, 5.41) is 10.1. The molecule has 4 unspecified atom stereocenters. The zero-order valence-electron chi connectivity index (χ0n) is 29.7. The normalized spacial score (nSPS) is 23.0. The summed E-state index contributed by atoms with van der Waals surface area (Å²) in [6.07, 6.45) is 5.07. The molecule has 0 saturated carbocycles. The monoisotopic (exact) mass is 693 g/mol. The molecule has 6 heterocycles. The first-order valence-electron chi connectivity index (χ1n) is 18.2. The average molecular weight is 694 g/mol. The Bertz CT molecular complexity index is 2400. The van der Waals surface area contributed by atoms with Crippen molar-refractivity contribution in [3.05, 3.63) is 112 Å². The molecular weight excluding hydrogens is 654 g/mol. The molecule has 3 aromatic carbocycles. The van der Waals surface area contributed by atoms with Gasteiger partial charge in [-0.1, -0.05) is 89.2 Å². The first-order valence-corrected chi connectivity index (χ1v) is 18.2. The molecule has 0 saturated heterocycles. The fraction of sp³-hybridized carbons (Fsp3) is 0.333. The van der Waals surface area contributed by atoms with Crippen LogP contribution >= 0.6 is 0 Å². The Morgan fingerprint density at radius 1 is 1.06 bits per heavy atom. The Morgan fingerprint density at radius 3 is 2.71 bits per heavy atom. The third kappa shape index (κ3) is 4.12. The SMILES string of the molecule is CCC(C)(C)C(=O)NC1Cc2ccc3c(c2)C24c5cccc(c5NC2O3)-c2cccc3c2C(=CC3)c2cnc(o2)-c2nc(oc24)C(C(C)C)NC1=O. The Labute approximate surface area is 301 Å². The maximum Gasteiger partial charge on any atom is 0.249 e. The first kappa shape index (κ1) is 31.1. The van der Waals surface area contributed by atoms with Crippen LogP contribution in [-0.4, -0.2) is 34.1 Å². The number of allylic oxidation sites excluding steroid dienone is 1. The van der Waals surface area contributed by atoms with Crippen molar-refractivity contribution in [2.45, 2.75) is 77.6 Å². The van der Waals surface area contributed by atoms with Crippen LogP contribution in [0.4, 0.5) is 5.69 Å². The van der Waals surface area contributed by atoms with Gasteiger partial charge in [0.2, 0.25) is 23.6 Å². The summed E-state index contributed by atoms with van der Waals surface area (Å²) in [5.41, 5.74) is 7.99. The molecule has 1 aliphatic carbocycles. The van der Waals surface area contributed by atoms with Crippen molar-refractivity contribution in [2.75, 3.05) is 5.32 Å². The van der Waals surface area contributed by atoms with Gasteiger partial charge in [-0.05, 0) is 47.1 Å². The van der Waals surface area contributed by atoms with Crippen molar-refractivity contribution < 1.29 is 23.2 Å². The van der Waals surface area contributed by atoms with E-state index in [-0.39, 0.29) is 24.2 Å². The summed E-state index contributed by atoms with van der Waals surface area (Å²) >= 11 is 0. The van der Waals surface area contributed by atoms with E-state index in [1.165, 1.54) is 5.56 Å². The average Bonchev–Trinajstić information content (AvgIpc) is 3.95. The molecule has 4 atom stereocenters. The number of benzene rings is 3. The van der Waals surface area contributed by atoms with Gasteiger partial charge in [-0.2, -0.15) is 0 Å². The van der Waals surface area contributed by atoms with Gasteiger partial charge in [0.05, 0.1) is 6.20 Å². The smallest absolute Gasteiger partial charge is 0.249 e. The zero-order valence-corrected chi connectivity index (χ0v) is 29.7. The van der Waals surface area contributed by atoms with Crippen LogP contribution in [0.15, 0.2) is 75.7 Å². The van der Waals surface area contributed by atoms with Crippen LogP contribution < -0.4 is 20.7 Å². The van der Waals surface area contributed by atoms with Gasteiger partial charge in [-0.25, -0.2) is 9.97 Å². The number of carbonyl (C=O) groups is 2. The number of hydrogen-bond acceptors (Lipinski definition) is 8. The second-order valence-electron chi connectivity index (χ2n) is 15.6. The number of fused-ring (bicyclic) bond motifs is 7. The van der Waals surface area contributed by atoms with E-state index in [4.69, 9.17) is 23.5 Å². The molecule has 0 radical (unpaired) electrons. The Kier molecular flexibility index (Phi) is 6.40. The van der Waals surface area contributed by atoms with Gasteiger partial charge in [0.25, 0.3) is 0 Å². The molecule has 4 aliphatic heterocycles. The lowest BCUT2D eigenvalue weighted by Crippen LogP contribution is -2.52. The summed E-state index contributed by atoms with van der Waals surface area (Å²) in [6, 6.07) is 17.4.